The van der Waals surface area contributed by atoms with Crippen molar-refractivity contribution in [1.82, 2.24) is 0 Å². The number of hydrogen-bond donors (Lipinski definition) is 0. The van der Waals surface area contributed by atoms with Gasteiger partial charge in [-0.15, -0.1) is 0 Å². The van der Waals surface area contributed by atoms with E-state index in [2.05, 4.69) is 13.2 Å². The molecule has 0 bridgehead atoms. The second kappa shape index (κ2) is 3.07. The number of halogens is 1. The molecule has 0 nitrogen and oxygen atoms in total. The van der Waals surface area contributed by atoms with E-state index in [1.807, 2.05) is 6.08 Å². The van der Waals surface area contributed by atoms with Crippen LogP contribution < -0.4 is 0 Å². The molecule has 1 heteroatoms. The standard InChI is InChI=1S/C9H11Cl/c1-7-4-3-5-9(7)6-8(2)10/h6H,1-5H2/b9-6-. The van der Waals surface area contributed by atoms with E-state index in [-0.39, 0.29) is 0 Å². The van der Waals surface area contributed by atoms with E-state index < -0.39 is 0 Å². The van der Waals surface area contributed by atoms with Gasteiger partial charge in [0.2, 0.25) is 0 Å². The topological polar surface area (TPSA) is 0 Å². The van der Waals surface area contributed by atoms with Crippen LogP contribution in [0.15, 0.2) is 35.4 Å². The Morgan fingerprint density at radius 2 is 2.20 bits per heavy atom. The third kappa shape index (κ3) is 1.74. The first-order chi connectivity index (χ1) is 4.70. The van der Waals surface area contributed by atoms with Gasteiger partial charge in [0, 0.05) is 5.03 Å². The molecular weight excluding hydrogens is 144 g/mol. The zero-order valence-electron chi connectivity index (χ0n) is 5.99. The largest absolute Gasteiger partial charge is 0.0956 e. The van der Waals surface area contributed by atoms with Crippen molar-refractivity contribution in [1.29, 1.82) is 0 Å². The minimum Gasteiger partial charge on any atom is -0.0956 e. The highest BCUT2D eigenvalue weighted by Crippen LogP contribution is 2.29. The summed E-state index contributed by atoms with van der Waals surface area (Å²) in [7, 11) is 0. The van der Waals surface area contributed by atoms with Crippen LogP contribution in [-0.2, 0) is 0 Å². The molecule has 0 aromatic heterocycles. The van der Waals surface area contributed by atoms with Crippen molar-refractivity contribution in [2.75, 3.05) is 0 Å². The molecule has 0 aromatic rings. The predicted molar refractivity (Wildman–Crippen MR) is 46.1 cm³/mol. The van der Waals surface area contributed by atoms with Crippen molar-refractivity contribution in [3.05, 3.63) is 35.4 Å². The van der Waals surface area contributed by atoms with Gasteiger partial charge in [0.05, 0.1) is 0 Å². The lowest BCUT2D eigenvalue weighted by Crippen LogP contribution is -1.74. The maximum absolute atomic E-state index is 5.61. The molecule has 0 heterocycles. The van der Waals surface area contributed by atoms with Crippen LogP contribution in [-0.4, -0.2) is 0 Å². The van der Waals surface area contributed by atoms with E-state index >= 15 is 0 Å². The van der Waals surface area contributed by atoms with Gasteiger partial charge in [-0.2, -0.15) is 0 Å². The molecule has 0 saturated heterocycles. The number of hydrogen-bond acceptors (Lipinski definition) is 0. The summed E-state index contributed by atoms with van der Waals surface area (Å²) >= 11 is 5.61. The number of rotatable bonds is 1. The molecule has 0 spiro atoms. The van der Waals surface area contributed by atoms with Crippen LogP contribution in [0.5, 0.6) is 0 Å². The zero-order valence-corrected chi connectivity index (χ0v) is 6.75. The van der Waals surface area contributed by atoms with Gasteiger partial charge in [0.1, 0.15) is 0 Å². The Bertz CT molecular complexity index is 199. The first-order valence-corrected chi connectivity index (χ1v) is 3.81. The lowest BCUT2D eigenvalue weighted by atomic mass is 10.1. The molecule has 1 saturated carbocycles. The summed E-state index contributed by atoms with van der Waals surface area (Å²) in [5.74, 6) is 0. The molecule has 0 radical (unpaired) electrons. The van der Waals surface area contributed by atoms with Crippen molar-refractivity contribution in [2.24, 2.45) is 0 Å². The van der Waals surface area contributed by atoms with Gasteiger partial charge in [-0.1, -0.05) is 30.3 Å². The minimum atomic E-state index is 0.609. The van der Waals surface area contributed by atoms with Crippen LogP contribution in [0.2, 0.25) is 0 Å². The van der Waals surface area contributed by atoms with Crippen molar-refractivity contribution >= 4 is 11.6 Å². The van der Waals surface area contributed by atoms with Gasteiger partial charge < -0.3 is 0 Å². The normalized spacial score (nSPS) is 22.1. The summed E-state index contributed by atoms with van der Waals surface area (Å²) < 4.78 is 0. The summed E-state index contributed by atoms with van der Waals surface area (Å²) in [6, 6.07) is 0. The summed E-state index contributed by atoms with van der Waals surface area (Å²) in [6.45, 7) is 7.52. The molecule has 0 N–H and O–H groups in total. The molecule has 0 atom stereocenters. The maximum Gasteiger partial charge on any atom is 0.0337 e. The fourth-order valence-corrected chi connectivity index (χ4v) is 1.32. The Kier molecular flexibility index (Phi) is 2.34. The Balaban J connectivity index is 2.72. The maximum atomic E-state index is 5.61. The van der Waals surface area contributed by atoms with Crippen molar-refractivity contribution in [3.8, 4) is 0 Å². The van der Waals surface area contributed by atoms with Crippen LogP contribution >= 0.6 is 11.6 Å². The van der Waals surface area contributed by atoms with E-state index in [9.17, 15) is 0 Å². The van der Waals surface area contributed by atoms with Crippen molar-refractivity contribution < 1.29 is 0 Å². The molecule has 1 aliphatic rings. The highest BCUT2D eigenvalue weighted by Gasteiger charge is 2.10. The van der Waals surface area contributed by atoms with E-state index in [0.717, 1.165) is 12.8 Å². The molecule has 54 valence electrons. The van der Waals surface area contributed by atoms with Gasteiger partial charge in [-0.05, 0) is 30.9 Å². The SMILES string of the molecule is C=C(Cl)/C=C1/CCCC1=C. The van der Waals surface area contributed by atoms with Crippen molar-refractivity contribution in [2.45, 2.75) is 19.3 Å². The summed E-state index contributed by atoms with van der Waals surface area (Å²) in [4.78, 5) is 0. The average molecular weight is 155 g/mol. The van der Waals surface area contributed by atoms with Gasteiger partial charge in [-0.3, -0.25) is 0 Å². The molecule has 1 rings (SSSR count). The van der Waals surface area contributed by atoms with E-state index in [0.29, 0.717) is 5.03 Å². The molecule has 1 aliphatic carbocycles. The average Bonchev–Trinajstić information content (AvgIpc) is 2.15. The smallest absolute Gasteiger partial charge is 0.0337 e. The molecule has 10 heavy (non-hydrogen) atoms. The fraction of sp³-hybridized carbons (Fsp3) is 0.333. The second-order valence-corrected chi connectivity index (χ2v) is 3.06. The van der Waals surface area contributed by atoms with Crippen LogP contribution in [0.25, 0.3) is 0 Å². The Hall–Kier alpha value is -0.490. The molecule has 1 fully saturated rings. The monoisotopic (exact) mass is 154 g/mol. The van der Waals surface area contributed by atoms with Gasteiger partial charge in [0.25, 0.3) is 0 Å². The van der Waals surface area contributed by atoms with E-state index in [1.165, 1.54) is 17.6 Å². The molecule has 0 amide bonds. The zero-order chi connectivity index (χ0) is 7.56. The van der Waals surface area contributed by atoms with E-state index in [4.69, 9.17) is 11.6 Å². The highest BCUT2D eigenvalue weighted by atomic mass is 35.5. The van der Waals surface area contributed by atoms with Crippen LogP contribution in [0.3, 0.4) is 0 Å². The predicted octanol–water partition coefficient (Wildman–Crippen LogP) is 3.41. The molecule has 0 unspecified atom stereocenters. The first-order valence-electron chi connectivity index (χ1n) is 3.43. The minimum absolute atomic E-state index is 0.609. The van der Waals surface area contributed by atoms with Crippen LogP contribution in [0.1, 0.15) is 19.3 Å². The van der Waals surface area contributed by atoms with Gasteiger partial charge in [-0.25, -0.2) is 0 Å². The molecule has 0 aromatic carbocycles. The van der Waals surface area contributed by atoms with E-state index in [1.54, 1.807) is 0 Å². The summed E-state index contributed by atoms with van der Waals surface area (Å²) in [5, 5.41) is 0.609. The molecular formula is C9H11Cl. The summed E-state index contributed by atoms with van der Waals surface area (Å²) in [5.41, 5.74) is 2.50. The summed E-state index contributed by atoms with van der Waals surface area (Å²) in [6.07, 6.45) is 5.37. The van der Waals surface area contributed by atoms with Gasteiger partial charge >= 0.3 is 0 Å². The second-order valence-electron chi connectivity index (χ2n) is 2.57. The lowest BCUT2D eigenvalue weighted by molar-refractivity contribution is 0.933. The first kappa shape index (κ1) is 7.62. The third-order valence-corrected chi connectivity index (χ3v) is 1.82. The Morgan fingerprint density at radius 1 is 1.50 bits per heavy atom. The number of allylic oxidation sites excluding steroid dienone is 4. The quantitative estimate of drug-likeness (QED) is 0.543. The Morgan fingerprint density at radius 3 is 2.60 bits per heavy atom. The van der Waals surface area contributed by atoms with Crippen LogP contribution in [0, 0.1) is 0 Å². The van der Waals surface area contributed by atoms with Crippen LogP contribution in [0.4, 0.5) is 0 Å². The third-order valence-electron chi connectivity index (χ3n) is 1.71. The van der Waals surface area contributed by atoms with Gasteiger partial charge in [0.15, 0.2) is 0 Å². The highest BCUT2D eigenvalue weighted by molar-refractivity contribution is 6.30. The fourth-order valence-electron chi connectivity index (χ4n) is 1.19. The lowest BCUT2D eigenvalue weighted by Gasteiger charge is -1.95. The Labute approximate surface area is 66.9 Å². The van der Waals surface area contributed by atoms with Crippen molar-refractivity contribution in [3.63, 3.8) is 0 Å². The molecule has 0 aliphatic heterocycles.